The van der Waals surface area contributed by atoms with Crippen LogP contribution in [0, 0.1) is 0 Å². The van der Waals surface area contributed by atoms with Crippen molar-refractivity contribution in [3.8, 4) is 0 Å². The Morgan fingerprint density at radius 3 is 2.38 bits per heavy atom. The fourth-order valence-electron chi connectivity index (χ4n) is 3.29. The standard InChI is InChI=1S/C21H18N2O3/c1-26-21(25)16-10-8-15(9-11-16)20(24)23-14-18-6-4-12-22(18)13-17-5-2-3-7-19(17)23/h2-12H,13-14H2,1H3. The summed E-state index contributed by atoms with van der Waals surface area (Å²) in [5, 5.41) is 0. The number of esters is 1. The molecule has 1 aromatic heterocycles. The second-order valence-electron chi connectivity index (χ2n) is 6.22. The second-order valence-corrected chi connectivity index (χ2v) is 6.22. The average Bonchev–Trinajstić information content (AvgIpc) is 3.06. The summed E-state index contributed by atoms with van der Waals surface area (Å²) >= 11 is 0. The molecule has 5 heteroatoms. The normalized spacial score (nSPS) is 12.7. The third-order valence-electron chi connectivity index (χ3n) is 4.66. The lowest BCUT2D eigenvalue weighted by Crippen LogP contribution is -2.30. The van der Waals surface area contributed by atoms with Gasteiger partial charge in [-0.3, -0.25) is 4.79 Å². The molecular formula is C21H18N2O3. The van der Waals surface area contributed by atoms with Gasteiger partial charge in [0, 0.05) is 29.7 Å². The van der Waals surface area contributed by atoms with E-state index in [1.54, 1.807) is 29.2 Å². The van der Waals surface area contributed by atoms with Gasteiger partial charge in [0.05, 0.1) is 19.2 Å². The van der Waals surface area contributed by atoms with Gasteiger partial charge in [-0.25, -0.2) is 4.79 Å². The molecule has 0 saturated heterocycles. The first kappa shape index (κ1) is 16.1. The smallest absolute Gasteiger partial charge is 0.337 e. The van der Waals surface area contributed by atoms with E-state index in [1.165, 1.54) is 7.11 Å². The summed E-state index contributed by atoms with van der Waals surface area (Å²) in [6, 6.07) is 18.6. The van der Waals surface area contributed by atoms with Gasteiger partial charge in [0.1, 0.15) is 0 Å². The van der Waals surface area contributed by atoms with Gasteiger partial charge >= 0.3 is 5.97 Å². The summed E-state index contributed by atoms with van der Waals surface area (Å²) in [4.78, 5) is 26.6. The molecule has 26 heavy (non-hydrogen) atoms. The summed E-state index contributed by atoms with van der Waals surface area (Å²) in [5.74, 6) is -0.509. The maximum atomic E-state index is 13.2. The van der Waals surface area contributed by atoms with Gasteiger partial charge < -0.3 is 14.2 Å². The molecule has 5 nitrogen and oxygen atoms in total. The molecule has 0 saturated carbocycles. The first-order valence-corrected chi connectivity index (χ1v) is 8.39. The zero-order chi connectivity index (χ0) is 18.1. The second kappa shape index (κ2) is 6.52. The average molecular weight is 346 g/mol. The lowest BCUT2D eigenvalue weighted by Gasteiger charge is -2.23. The maximum absolute atomic E-state index is 13.2. The van der Waals surface area contributed by atoms with Gasteiger partial charge in [-0.05, 0) is 48.0 Å². The number of methoxy groups -OCH3 is 1. The Balaban J connectivity index is 1.72. The molecular weight excluding hydrogens is 328 g/mol. The molecule has 1 aliphatic rings. The fraction of sp³-hybridized carbons (Fsp3) is 0.143. The summed E-state index contributed by atoms with van der Waals surface area (Å²) in [5.41, 5.74) is 4.06. The van der Waals surface area contributed by atoms with Gasteiger partial charge in [0.2, 0.25) is 0 Å². The number of anilines is 1. The largest absolute Gasteiger partial charge is 0.465 e. The van der Waals surface area contributed by atoms with Crippen molar-refractivity contribution < 1.29 is 14.3 Å². The summed E-state index contributed by atoms with van der Waals surface area (Å²) in [7, 11) is 1.34. The molecule has 130 valence electrons. The van der Waals surface area contributed by atoms with Crippen molar-refractivity contribution in [2.24, 2.45) is 0 Å². The van der Waals surface area contributed by atoms with Crippen LogP contribution in [-0.4, -0.2) is 23.6 Å². The highest BCUT2D eigenvalue weighted by atomic mass is 16.5. The highest BCUT2D eigenvalue weighted by Crippen LogP contribution is 2.29. The Morgan fingerprint density at radius 1 is 0.885 bits per heavy atom. The molecule has 0 N–H and O–H groups in total. The van der Waals surface area contributed by atoms with E-state index in [2.05, 4.69) is 4.57 Å². The molecule has 1 aliphatic heterocycles. The van der Waals surface area contributed by atoms with Crippen LogP contribution in [0.15, 0.2) is 66.9 Å². The topological polar surface area (TPSA) is 51.5 Å². The van der Waals surface area contributed by atoms with Crippen LogP contribution in [0.5, 0.6) is 0 Å². The number of ether oxygens (including phenoxy) is 1. The Morgan fingerprint density at radius 2 is 1.62 bits per heavy atom. The predicted molar refractivity (Wildman–Crippen MR) is 98.3 cm³/mol. The lowest BCUT2D eigenvalue weighted by molar-refractivity contribution is 0.0600. The SMILES string of the molecule is COC(=O)c1ccc(C(=O)N2Cc3cccn3Cc3ccccc32)cc1. The zero-order valence-corrected chi connectivity index (χ0v) is 14.4. The number of fused-ring (bicyclic) bond motifs is 2. The zero-order valence-electron chi connectivity index (χ0n) is 14.4. The summed E-state index contributed by atoms with van der Waals surface area (Å²) in [6.07, 6.45) is 2.03. The molecule has 0 aliphatic carbocycles. The number of aromatic nitrogens is 1. The third kappa shape index (κ3) is 2.77. The van der Waals surface area contributed by atoms with Crippen LogP contribution in [0.2, 0.25) is 0 Å². The van der Waals surface area contributed by atoms with Crippen LogP contribution in [-0.2, 0) is 17.8 Å². The minimum atomic E-state index is -0.415. The number of carbonyl (C=O) groups excluding carboxylic acids is 2. The molecule has 1 amide bonds. The molecule has 0 radical (unpaired) electrons. The van der Waals surface area contributed by atoms with E-state index in [4.69, 9.17) is 4.74 Å². The van der Waals surface area contributed by atoms with Crippen LogP contribution in [0.25, 0.3) is 0 Å². The van der Waals surface area contributed by atoms with E-state index >= 15 is 0 Å². The van der Waals surface area contributed by atoms with Gasteiger partial charge in [0.15, 0.2) is 0 Å². The fourth-order valence-corrected chi connectivity index (χ4v) is 3.29. The molecule has 4 rings (SSSR count). The highest BCUT2D eigenvalue weighted by Gasteiger charge is 2.24. The molecule has 0 spiro atoms. The van der Waals surface area contributed by atoms with Crippen molar-refractivity contribution in [3.05, 3.63) is 89.2 Å². The van der Waals surface area contributed by atoms with E-state index in [1.807, 2.05) is 42.6 Å². The number of para-hydroxylation sites is 1. The number of amides is 1. The first-order chi connectivity index (χ1) is 12.7. The molecule has 0 bridgehead atoms. The van der Waals surface area contributed by atoms with Crippen molar-refractivity contribution in [1.82, 2.24) is 4.57 Å². The van der Waals surface area contributed by atoms with E-state index in [0.29, 0.717) is 17.7 Å². The summed E-state index contributed by atoms with van der Waals surface area (Å²) in [6.45, 7) is 1.24. The number of hydrogen-bond acceptors (Lipinski definition) is 3. The Hall–Kier alpha value is -3.34. The minimum Gasteiger partial charge on any atom is -0.465 e. The van der Waals surface area contributed by atoms with Gasteiger partial charge in [-0.2, -0.15) is 0 Å². The Kier molecular flexibility index (Phi) is 4.05. The van der Waals surface area contributed by atoms with Crippen molar-refractivity contribution in [3.63, 3.8) is 0 Å². The molecule has 2 heterocycles. The van der Waals surface area contributed by atoms with E-state index < -0.39 is 5.97 Å². The van der Waals surface area contributed by atoms with Gasteiger partial charge in [-0.15, -0.1) is 0 Å². The van der Waals surface area contributed by atoms with Crippen LogP contribution in [0.1, 0.15) is 32.0 Å². The quantitative estimate of drug-likeness (QED) is 0.668. The highest BCUT2D eigenvalue weighted by molar-refractivity contribution is 6.07. The van der Waals surface area contributed by atoms with Crippen molar-refractivity contribution in [1.29, 1.82) is 0 Å². The monoisotopic (exact) mass is 346 g/mol. The van der Waals surface area contributed by atoms with Crippen molar-refractivity contribution in [2.75, 3.05) is 12.0 Å². The van der Waals surface area contributed by atoms with Crippen LogP contribution < -0.4 is 4.90 Å². The van der Waals surface area contributed by atoms with Crippen LogP contribution in [0.3, 0.4) is 0 Å². The minimum absolute atomic E-state index is 0.0940. The lowest BCUT2D eigenvalue weighted by atomic mass is 10.1. The number of nitrogens with zero attached hydrogens (tertiary/aromatic N) is 2. The number of hydrogen-bond donors (Lipinski definition) is 0. The van der Waals surface area contributed by atoms with Crippen molar-refractivity contribution >= 4 is 17.6 Å². The molecule has 3 aromatic rings. The van der Waals surface area contributed by atoms with Crippen LogP contribution >= 0.6 is 0 Å². The Bertz CT molecular complexity index is 973. The molecule has 0 atom stereocenters. The molecule has 0 fully saturated rings. The first-order valence-electron chi connectivity index (χ1n) is 8.39. The van der Waals surface area contributed by atoms with E-state index in [9.17, 15) is 9.59 Å². The third-order valence-corrected chi connectivity index (χ3v) is 4.66. The predicted octanol–water partition coefficient (Wildman–Crippen LogP) is 3.48. The number of benzene rings is 2. The summed E-state index contributed by atoms with van der Waals surface area (Å²) < 4.78 is 6.87. The maximum Gasteiger partial charge on any atom is 0.337 e. The number of carbonyl (C=O) groups is 2. The van der Waals surface area contributed by atoms with E-state index in [-0.39, 0.29) is 5.91 Å². The van der Waals surface area contributed by atoms with E-state index in [0.717, 1.165) is 23.5 Å². The van der Waals surface area contributed by atoms with Gasteiger partial charge in [-0.1, -0.05) is 18.2 Å². The molecule has 2 aromatic carbocycles. The number of rotatable bonds is 2. The van der Waals surface area contributed by atoms with Crippen molar-refractivity contribution in [2.45, 2.75) is 13.1 Å². The molecule has 0 unspecified atom stereocenters. The van der Waals surface area contributed by atoms with Gasteiger partial charge in [0.25, 0.3) is 5.91 Å². The van der Waals surface area contributed by atoms with Crippen LogP contribution in [0.4, 0.5) is 5.69 Å². The Labute approximate surface area is 151 Å².